The third-order valence-corrected chi connectivity index (χ3v) is 0.910. The van der Waals surface area contributed by atoms with E-state index in [0.717, 1.165) is 5.70 Å². The first kappa shape index (κ1) is 8.21. The fraction of sp³-hybridized carbons (Fsp3) is 0.571. The molecule has 0 unspecified atom stereocenters. The molecule has 0 aromatic rings. The van der Waals surface area contributed by atoms with Gasteiger partial charge in [-0.2, -0.15) is 0 Å². The Kier molecular flexibility index (Phi) is 3.76. The van der Waals surface area contributed by atoms with E-state index in [1.54, 1.807) is 6.34 Å². The van der Waals surface area contributed by atoms with Gasteiger partial charge in [0, 0.05) is 19.8 Å². The first-order valence-electron chi connectivity index (χ1n) is 3.00. The summed E-state index contributed by atoms with van der Waals surface area (Å²) in [4.78, 5) is 6.01. The molecule has 0 amide bonds. The van der Waals surface area contributed by atoms with Gasteiger partial charge in [-0.25, -0.2) is 4.99 Å². The first-order chi connectivity index (χ1) is 4.16. The van der Waals surface area contributed by atoms with Gasteiger partial charge in [0.1, 0.15) is 0 Å². The number of rotatable bonds is 2. The molecular formula is C7H14N2. The molecule has 9 heavy (non-hydrogen) atoms. The molecule has 2 nitrogen and oxygen atoms in total. The van der Waals surface area contributed by atoms with Gasteiger partial charge in [-0.3, -0.25) is 0 Å². The van der Waals surface area contributed by atoms with E-state index in [9.17, 15) is 0 Å². The average Bonchev–Trinajstić information content (AvgIpc) is 1.83. The van der Waals surface area contributed by atoms with Crippen molar-refractivity contribution in [2.45, 2.75) is 13.8 Å². The van der Waals surface area contributed by atoms with Crippen LogP contribution >= 0.6 is 0 Å². The van der Waals surface area contributed by atoms with Crippen molar-refractivity contribution in [2.75, 3.05) is 14.1 Å². The fourth-order valence-electron chi connectivity index (χ4n) is 0.281. The van der Waals surface area contributed by atoms with Crippen LogP contribution in [0.4, 0.5) is 0 Å². The molecule has 0 aliphatic rings. The Balaban J connectivity index is 3.71. The zero-order valence-corrected chi connectivity index (χ0v) is 6.55. The van der Waals surface area contributed by atoms with E-state index in [1.165, 1.54) is 0 Å². The van der Waals surface area contributed by atoms with Crippen LogP contribution in [0.3, 0.4) is 0 Å². The second-order valence-corrected chi connectivity index (χ2v) is 2.14. The number of aliphatic imine (C=N–C) groups is 1. The zero-order valence-electron chi connectivity index (χ0n) is 6.55. The van der Waals surface area contributed by atoms with Gasteiger partial charge in [0.25, 0.3) is 0 Å². The number of hydrogen-bond acceptors (Lipinski definition) is 1. The maximum Gasteiger partial charge on any atom is 0.0902 e. The lowest BCUT2D eigenvalue weighted by molar-refractivity contribution is 0.642. The van der Waals surface area contributed by atoms with Crippen LogP contribution in [0.15, 0.2) is 16.8 Å². The van der Waals surface area contributed by atoms with Crippen LogP contribution in [-0.2, 0) is 0 Å². The molecule has 0 aliphatic heterocycles. The second kappa shape index (κ2) is 4.13. The van der Waals surface area contributed by atoms with Crippen molar-refractivity contribution >= 4 is 6.34 Å². The minimum atomic E-state index is 1.05. The second-order valence-electron chi connectivity index (χ2n) is 2.14. The van der Waals surface area contributed by atoms with Crippen LogP contribution in [0.5, 0.6) is 0 Å². The van der Waals surface area contributed by atoms with Gasteiger partial charge in [0.05, 0.1) is 6.34 Å². The summed E-state index contributed by atoms with van der Waals surface area (Å²) in [5, 5.41) is 0. The van der Waals surface area contributed by atoms with Crippen molar-refractivity contribution in [3.8, 4) is 0 Å². The lowest BCUT2D eigenvalue weighted by Crippen LogP contribution is -2.07. The molecule has 0 radical (unpaired) electrons. The van der Waals surface area contributed by atoms with E-state index < -0.39 is 0 Å². The molecule has 0 rings (SSSR count). The van der Waals surface area contributed by atoms with Crippen molar-refractivity contribution < 1.29 is 0 Å². The predicted octanol–water partition coefficient (Wildman–Crippen LogP) is 1.50. The summed E-state index contributed by atoms with van der Waals surface area (Å²) in [5.74, 6) is 0. The molecule has 0 saturated carbocycles. The Hall–Kier alpha value is -0.790. The Morgan fingerprint density at radius 1 is 1.44 bits per heavy atom. The minimum Gasteiger partial charge on any atom is -0.369 e. The van der Waals surface area contributed by atoms with Crippen LogP contribution in [-0.4, -0.2) is 25.3 Å². The summed E-state index contributed by atoms with van der Waals surface area (Å²) >= 11 is 0. The van der Waals surface area contributed by atoms with Crippen LogP contribution < -0.4 is 0 Å². The van der Waals surface area contributed by atoms with Gasteiger partial charge >= 0.3 is 0 Å². The van der Waals surface area contributed by atoms with E-state index >= 15 is 0 Å². The Morgan fingerprint density at radius 3 is 2.33 bits per heavy atom. The van der Waals surface area contributed by atoms with E-state index in [0.29, 0.717) is 0 Å². The van der Waals surface area contributed by atoms with Crippen LogP contribution in [0.25, 0.3) is 0 Å². The summed E-state index contributed by atoms with van der Waals surface area (Å²) in [6.07, 6.45) is 3.76. The normalized spacial score (nSPS) is 12.7. The molecule has 52 valence electrons. The number of nitrogens with zero attached hydrogens (tertiary/aromatic N) is 2. The fourth-order valence-corrected chi connectivity index (χ4v) is 0.281. The molecule has 0 aromatic heterocycles. The topological polar surface area (TPSA) is 15.6 Å². The maximum atomic E-state index is 4.10. The summed E-state index contributed by atoms with van der Waals surface area (Å²) < 4.78 is 0. The van der Waals surface area contributed by atoms with Crippen LogP contribution in [0.1, 0.15) is 13.8 Å². The summed E-state index contributed by atoms with van der Waals surface area (Å²) in [7, 11) is 3.90. The molecule has 0 fully saturated rings. The Morgan fingerprint density at radius 2 is 2.00 bits per heavy atom. The monoisotopic (exact) mass is 126 g/mol. The third kappa shape index (κ3) is 5.07. The molecule has 0 saturated heterocycles. The van der Waals surface area contributed by atoms with E-state index in [1.807, 2.05) is 38.9 Å². The average molecular weight is 126 g/mol. The minimum absolute atomic E-state index is 1.05. The largest absolute Gasteiger partial charge is 0.369 e. The van der Waals surface area contributed by atoms with Crippen molar-refractivity contribution in [3.63, 3.8) is 0 Å². The van der Waals surface area contributed by atoms with Crippen LogP contribution in [0, 0.1) is 0 Å². The van der Waals surface area contributed by atoms with Gasteiger partial charge < -0.3 is 4.90 Å². The van der Waals surface area contributed by atoms with E-state index in [2.05, 4.69) is 4.99 Å². The van der Waals surface area contributed by atoms with Crippen molar-refractivity contribution in [3.05, 3.63) is 11.8 Å². The highest BCUT2D eigenvalue weighted by molar-refractivity contribution is 5.55. The van der Waals surface area contributed by atoms with Crippen molar-refractivity contribution in [1.82, 2.24) is 4.90 Å². The Labute approximate surface area is 56.9 Å². The number of hydrogen-bond donors (Lipinski definition) is 0. The van der Waals surface area contributed by atoms with Gasteiger partial charge in [0.2, 0.25) is 0 Å². The predicted molar refractivity (Wildman–Crippen MR) is 41.6 cm³/mol. The lowest BCUT2D eigenvalue weighted by Gasteiger charge is -2.01. The van der Waals surface area contributed by atoms with E-state index in [4.69, 9.17) is 0 Å². The van der Waals surface area contributed by atoms with E-state index in [-0.39, 0.29) is 0 Å². The lowest BCUT2D eigenvalue weighted by atomic mass is 10.5. The highest BCUT2D eigenvalue weighted by Crippen LogP contribution is 1.90. The molecule has 0 aliphatic carbocycles. The van der Waals surface area contributed by atoms with Crippen molar-refractivity contribution in [2.24, 2.45) is 4.99 Å². The maximum absolute atomic E-state index is 4.10. The molecule has 0 spiro atoms. The quantitative estimate of drug-likeness (QED) is 0.404. The zero-order chi connectivity index (χ0) is 7.28. The summed E-state index contributed by atoms with van der Waals surface area (Å²) in [6.45, 7) is 3.95. The van der Waals surface area contributed by atoms with Gasteiger partial charge in [-0.05, 0) is 13.8 Å². The molecule has 0 bridgehead atoms. The molecule has 2 heteroatoms. The highest BCUT2D eigenvalue weighted by atomic mass is 15.1. The third-order valence-electron chi connectivity index (χ3n) is 0.910. The highest BCUT2D eigenvalue weighted by Gasteiger charge is 1.77. The van der Waals surface area contributed by atoms with Gasteiger partial charge in [-0.1, -0.05) is 6.08 Å². The Bertz CT molecular complexity index is 123. The summed E-state index contributed by atoms with van der Waals surface area (Å²) in [5.41, 5.74) is 1.05. The molecular weight excluding hydrogens is 112 g/mol. The summed E-state index contributed by atoms with van der Waals surface area (Å²) in [6, 6.07) is 0. The smallest absolute Gasteiger partial charge is 0.0902 e. The first-order valence-corrected chi connectivity index (χ1v) is 3.00. The molecule has 0 heterocycles. The molecule has 0 atom stereocenters. The SMILES string of the molecule is C/C=C(C)/N=C\N(C)C. The van der Waals surface area contributed by atoms with Crippen LogP contribution in [0.2, 0.25) is 0 Å². The van der Waals surface area contributed by atoms with Gasteiger partial charge in [0.15, 0.2) is 0 Å². The molecule has 0 aromatic carbocycles. The molecule has 0 N–H and O–H groups in total. The number of allylic oxidation sites excluding steroid dienone is 2. The van der Waals surface area contributed by atoms with Crippen molar-refractivity contribution in [1.29, 1.82) is 0 Å². The standard InChI is InChI=1S/C7H14N2/c1-5-7(2)8-6-9(3)4/h5-6H,1-4H3/b7-5+,8-6-. The van der Waals surface area contributed by atoms with Gasteiger partial charge in [-0.15, -0.1) is 0 Å².